The van der Waals surface area contributed by atoms with Crippen molar-refractivity contribution in [2.24, 2.45) is 0 Å². The van der Waals surface area contributed by atoms with Gasteiger partial charge < -0.3 is 9.13 Å². The van der Waals surface area contributed by atoms with E-state index in [-0.39, 0.29) is 21.1 Å². The second kappa shape index (κ2) is 10.0. The van der Waals surface area contributed by atoms with E-state index in [9.17, 15) is 0 Å². The zero-order valence-corrected chi connectivity index (χ0v) is 25.5. The fraction of sp³-hybridized carbons (Fsp3) is 0.176. The number of pyridine rings is 2. The molecule has 6 nitrogen and oxygen atoms in total. The molecular formula is C34H28N6Pt. The summed E-state index contributed by atoms with van der Waals surface area (Å²) in [5, 5.41) is 0. The number of imidazole rings is 2. The van der Waals surface area contributed by atoms with Crippen LogP contribution >= 0.6 is 0 Å². The number of rotatable bonds is 2. The average Bonchev–Trinajstić information content (AvgIpc) is 3.65. The predicted octanol–water partition coefficient (Wildman–Crippen LogP) is 6.75. The standard InChI is InChI=1S/C34H28N6.Pt/c1-33(2)29-19-23(15-17-35-29)28-22-40(26-13-9-6-10-14-26)32(38-28)34(3,4)30-20-24(16-18-36-30)27-21-39(31(33)37-27)25-11-7-5-8-12-25;/h5-18,21-22H,1-4H3;/q-2;+2. The van der Waals surface area contributed by atoms with E-state index in [1.54, 1.807) is 0 Å². The zero-order valence-electron chi connectivity index (χ0n) is 23.2. The molecule has 0 aliphatic carbocycles. The van der Waals surface area contributed by atoms with Crippen LogP contribution in [0.5, 0.6) is 0 Å². The summed E-state index contributed by atoms with van der Waals surface area (Å²) in [4.78, 5) is 20.0. The fourth-order valence-electron chi connectivity index (χ4n) is 5.39. The molecule has 0 N–H and O–H groups in total. The molecule has 41 heavy (non-hydrogen) atoms. The van der Waals surface area contributed by atoms with E-state index in [2.05, 4.69) is 85.6 Å². The first-order valence-corrected chi connectivity index (χ1v) is 13.4. The smallest absolute Gasteiger partial charge is 0.315 e. The molecule has 7 heteroatoms. The number of hydrogen-bond acceptors (Lipinski definition) is 4. The van der Waals surface area contributed by atoms with Gasteiger partial charge in [0.15, 0.2) is 0 Å². The molecule has 1 aliphatic rings. The monoisotopic (exact) mass is 715 g/mol. The van der Waals surface area contributed by atoms with Crippen LogP contribution in [0.25, 0.3) is 33.9 Å². The summed E-state index contributed by atoms with van der Waals surface area (Å²) in [6.45, 7) is 8.58. The van der Waals surface area contributed by atoms with E-state index in [1.807, 2.05) is 60.9 Å². The number of para-hydroxylation sites is 2. The normalized spacial score (nSPS) is 14.5. The first-order chi connectivity index (χ1) is 19.3. The molecular weight excluding hydrogens is 687 g/mol. The second-order valence-electron chi connectivity index (χ2n) is 11.2. The molecule has 2 aromatic carbocycles. The van der Waals surface area contributed by atoms with Crippen LogP contribution in [0, 0.1) is 12.1 Å². The topological polar surface area (TPSA) is 61.4 Å². The largest absolute Gasteiger partial charge is 2.00 e. The van der Waals surface area contributed by atoms with Crippen molar-refractivity contribution in [3.8, 4) is 33.9 Å². The third-order valence-electron chi connectivity index (χ3n) is 7.73. The van der Waals surface area contributed by atoms with E-state index < -0.39 is 10.8 Å². The SMILES string of the molecule is CC1(C)c2[c-]c(ccn2)-c2cn(-c3ccccc3)c(n2)C(C)(C)c2[c-]c(ccn2)-c2cn(-c3ccccc3)c1n2.[Pt+2]. The maximum Gasteiger partial charge on any atom is 2.00 e. The predicted molar refractivity (Wildman–Crippen MR) is 156 cm³/mol. The van der Waals surface area contributed by atoms with Crippen molar-refractivity contribution in [3.63, 3.8) is 0 Å². The van der Waals surface area contributed by atoms with Crippen LogP contribution in [0.3, 0.4) is 0 Å². The number of aromatic nitrogens is 6. The Balaban J connectivity index is 0.00000302. The number of fused-ring (bicyclic) bond motifs is 10. The second-order valence-corrected chi connectivity index (χ2v) is 11.2. The molecule has 6 aromatic rings. The fourth-order valence-corrected chi connectivity index (χ4v) is 5.39. The Hall–Kier alpha value is -4.15. The van der Waals surface area contributed by atoms with Crippen molar-refractivity contribution in [3.05, 3.63) is 133 Å². The van der Waals surface area contributed by atoms with Gasteiger partial charge in [0.25, 0.3) is 0 Å². The van der Waals surface area contributed by atoms with E-state index >= 15 is 0 Å². The molecule has 1 aliphatic heterocycles. The number of hydrogen-bond donors (Lipinski definition) is 0. The van der Waals surface area contributed by atoms with Gasteiger partial charge in [-0.05, 0) is 99.5 Å². The van der Waals surface area contributed by atoms with Gasteiger partial charge in [-0.3, -0.25) is 19.9 Å². The van der Waals surface area contributed by atoms with Gasteiger partial charge in [0.05, 0.1) is 10.8 Å². The minimum Gasteiger partial charge on any atom is -0.315 e. The molecule has 0 amide bonds. The van der Waals surface area contributed by atoms with Crippen molar-refractivity contribution in [2.45, 2.75) is 38.5 Å². The Morgan fingerprint density at radius 2 is 0.951 bits per heavy atom. The Labute approximate surface area is 254 Å². The van der Waals surface area contributed by atoms with E-state index in [0.29, 0.717) is 0 Å². The van der Waals surface area contributed by atoms with Gasteiger partial charge in [0, 0.05) is 11.4 Å². The van der Waals surface area contributed by atoms with E-state index in [4.69, 9.17) is 19.9 Å². The molecule has 0 spiro atoms. The van der Waals surface area contributed by atoms with Crippen molar-refractivity contribution in [2.75, 3.05) is 0 Å². The average molecular weight is 716 g/mol. The Morgan fingerprint density at radius 3 is 1.34 bits per heavy atom. The van der Waals surface area contributed by atoms with Crippen LogP contribution in [0.2, 0.25) is 0 Å². The zero-order chi connectivity index (χ0) is 27.5. The van der Waals surface area contributed by atoms with E-state index in [1.165, 1.54) is 0 Å². The third-order valence-corrected chi connectivity index (χ3v) is 7.73. The summed E-state index contributed by atoms with van der Waals surface area (Å²) in [7, 11) is 0. The van der Waals surface area contributed by atoms with Crippen LogP contribution in [-0.4, -0.2) is 29.1 Å². The van der Waals surface area contributed by atoms with Gasteiger partial charge in [-0.2, -0.15) is 11.1 Å². The summed E-state index contributed by atoms with van der Waals surface area (Å²) in [6.07, 6.45) is 7.85. The summed E-state index contributed by atoms with van der Waals surface area (Å²) >= 11 is 0. The molecule has 5 heterocycles. The summed E-state index contributed by atoms with van der Waals surface area (Å²) in [5.74, 6) is 1.74. The van der Waals surface area contributed by atoms with Crippen LogP contribution < -0.4 is 0 Å². The van der Waals surface area contributed by atoms with Crippen molar-refractivity contribution in [1.29, 1.82) is 0 Å². The van der Waals surface area contributed by atoms with Crippen molar-refractivity contribution in [1.82, 2.24) is 29.1 Å². The van der Waals surface area contributed by atoms with Gasteiger partial charge in [-0.25, -0.2) is 0 Å². The summed E-state index contributed by atoms with van der Waals surface area (Å²) in [5.41, 5.74) is 5.95. The Morgan fingerprint density at radius 1 is 0.561 bits per heavy atom. The molecule has 7 rings (SSSR count). The van der Waals surface area contributed by atoms with Crippen LogP contribution in [0.4, 0.5) is 0 Å². The minimum atomic E-state index is -0.561. The molecule has 4 aromatic heterocycles. The Bertz CT molecular complexity index is 1710. The van der Waals surface area contributed by atoms with Gasteiger partial charge >= 0.3 is 21.1 Å². The molecule has 0 radical (unpaired) electrons. The first-order valence-electron chi connectivity index (χ1n) is 13.4. The van der Waals surface area contributed by atoms with Gasteiger partial charge in [0.1, 0.15) is 11.6 Å². The Kier molecular flexibility index (Phi) is 6.62. The molecule has 0 unspecified atom stereocenters. The molecule has 8 bridgehead atoms. The van der Waals surface area contributed by atoms with Crippen molar-refractivity contribution >= 4 is 0 Å². The quantitative estimate of drug-likeness (QED) is 0.187. The van der Waals surface area contributed by atoms with Gasteiger partial charge in [-0.15, -0.1) is 24.3 Å². The summed E-state index contributed by atoms with van der Waals surface area (Å²) < 4.78 is 4.30. The van der Waals surface area contributed by atoms with E-state index in [0.717, 1.165) is 56.9 Å². The molecule has 0 atom stereocenters. The molecule has 0 fully saturated rings. The number of benzene rings is 2. The van der Waals surface area contributed by atoms with Crippen molar-refractivity contribution < 1.29 is 21.1 Å². The maximum atomic E-state index is 5.21. The molecule has 0 saturated carbocycles. The molecule has 204 valence electrons. The number of nitrogens with zero attached hydrogens (tertiary/aromatic N) is 6. The van der Waals surface area contributed by atoms with Crippen LogP contribution in [-0.2, 0) is 31.9 Å². The third kappa shape index (κ3) is 4.47. The minimum absolute atomic E-state index is 0. The summed E-state index contributed by atoms with van der Waals surface area (Å²) in [6, 6.07) is 31.7. The van der Waals surface area contributed by atoms with Gasteiger partial charge in [-0.1, -0.05) is 36.4 Å². The van der Waals surface area contributed by atoms with Crippen LogP contribution in [0.15, 0.2) is 97.6 Å². The van der Waals surface area contributed by atoms with Gasteiger partial charge in [0.2, 0.25) is 0 Å². The van der Waals surface area contributed by atoms with Crippen LogP contribution in [0.1, 0.15) is 50.7 Å². The first kappa shape index (κ1) is 27.0. The molecule has 0 saturated heterocycles. The maximum absolute atomic E-state index is 5.21.